The zero-order valence-corrected chi connectivity index (χ0v) is 15.3. The zero-order chi connectivity index (χ0) is 17.0. The van der Waals surface area contributed by atoms with Crippen molar-refractivity contribution < 1.29 is 9.59 Å². The Labute approximate surface area is 142 Å². The molecule has 1 aromatic rings. The van der Waals surface area contributed by atoms with E-state index in [-0.39, 0.29) is 23.8 Å². The highest BCUT2D eigenvalue weighted by Gasteiger charge is 2.26. The molecule has 1 aliphatic carbocycles. The normalized spacial score (nSPS) is 18.4. The minimum absolute atomic E-state index is 0.0511. The van der Waals surface area contributed by atoms with Gasteiger partial charge in [0.1, 0.15) is 0 Å². The van der Waals surface area contributed by atoms with Gasteiger partial charge in [-0.05, 0) is 25.2 Å². The molecule has 5 nitrogen and oxygen atoms in total. The van der Waals surface area contributed by atoms with E-state index in [4.69, 9.17) is 0 Å². The summed E-state index contributed by atoms with van der Waals surface area (Å²) in [5.74, 6) is 0.516. The molecule has 0 bridgehead atoms. The van der Waals surface area contributed by atoms with E-state index >= 15 is 0 Å². The van der Waals surface area contributed by atoms with E-state index in [1.165, 1.54) is 11.3 Å². The second kappa shape index (κ2) is 7.90. The molecule has 0 saturated carbocycles. The van der Waals surface area contributed by atoms with Gasteiger partial charge in [-0.1, -0.05) is 27.7 Å². The van der Waals surface area contributed by atoms with Crippen LogP contribution in [0.15, 0.2) is 0 Å². The highest BCUT2D eigenvalue weighted by atomic mass is 32.1. The lowest BCUT2D eigenvalue weighted by molar-refractivity contribution is -0.125. The fraction of sp³-hybridized carbons (Fsp3) is 0.706. The van der Waals surface area contributed by atoms with Gasteiger partial charge in [0.2, 0.25) is 5.91 Å². The molecule has 1 aliphatic rings. The van der Waals surface area contributed by atoms with Crippen molar-refractivity contribution >= 4 is 23.2 Å². The molecule has 2 rings (SSSR count). The number of carbonyl (C=O) groups excluding carboxylic acids is 2. The minimum atomic E-state index is -0.0849. The number of hydrogen-bond acceptors (Lipinski definition) is 4. The van der Waals surface area contributed by atoms with Crippen molar-refractivity contribution in [2.75, 3.05) is 6.54 Å². The van der Waals surface area contributed by atoms with Crippen molar-refractivity contribution in [2.24, 2.45) is 11.8 Å². The Morgan fingerprint density at radius 3 is 2.74 bits per heavy atom. The molecule has 2 unspecified atom stereocenters. The number of thiazole rings is 1. The maximum atomic E-state index is 12.1. The number of carbonyl (C=O) groups is 2. The number of hydrogen-bond donors (Lipinski definition) is 2. The van der Waals surface area contributed by atoms with Crippen LogP contribution in [0.5, 0.6) is 0 Å². The summed E-state index contributed by atoms with van der Waals surface area (Å²) in [5, 5.41) is 6.59. The van der Waals surface area contributed by atoms with Gasteiger partial charge in [-0.2, -0.15) is 0 Å². The zero-order valence-electron chi connectivity index (χ0n) is 14.4. The van der Waals surface area contributed by atoms with Crippen LogP contribution in [0.4, 0.5) is 0 Å². The number of rotatable bonds is 6. The van der Waals surface area contributed by atoms with Gasteiger partial charge in [0.15, 0.2) is 5.01 Å². The molecule has 0 fully saturated rings. The topological polar surface area (TPSA) is 71.1 Å². The number of nitrogens with zero attached hydrogens (tertiary/aromatic N) is 1. The van der Waals surface area contributed by atoms with Crippen LogP contribution in [0.25, 0.3) is 0 Å². The number of fused-ring (bicyclic) bond motifs is 1. The maximum Gasteiger partial charge on any atom is 0.280 e. The summed E-state index contributed by atoms with van der Waals surface area (Å²) in [6.07, 6.45) is 3.36. The smallest absolute Gasteiger partial charge is 0.280 e. The minimum Gasteiger partial charge on any atom is -0.353 e. The Balaban J connectivity index is 1.96. The second-order valence-electron chi connectivity index (χ2n) is 6.75. The predicted molar refractivity (Wildman–Crippen MR) is 92.7 cm³/mol. The SMILES string of the molecule is CCC(C)C(=O)NC1CCc2nc(C(=O)NCC(C)C)sc2C1. The van der Waals surface area contributed by atoms with Crippen molar-refractivity contribution in [2.45, 2.75) is 59.4 Å². The van der Waals surface area contributed by atoms with Crippen molar-refractivity contribution in [1.29, 1.82) is 0 Å². The third kappa shape index (κ3) is 4.77. The molecule has 6 heteroatoms. The van der Waals surface area contributed by atoms with E-state index < -0.39 is 0 Å². The van der Waals surface area contributed by atoms with Crippen LogP contribution in [0.2, 0.25) is 0 Å². The van der Waals surface area contributed by atoms with Gasteiger partial charge in [0.05, 0.1) is 5.69 Å². The van der Waals surface area contributed by atoms with Crippen LogP contribution in [-0.2, 0) is 17.6 Å². The van der Waals surface area contributed by atoms with Crippen LogP contribution >= 0.6 is 11.3 Å². The molecule has 2 N–H and O–H groups in total. The predicted octanol–water partition coefficient (Wildman–Crippen LogP) is 2.55. The molecule has 23 heavy (non-hydrogen) atoms. The summed E-state index contributed by atoms with van der Waals surface area (Å²) >= 11 is 1.47. The first-order valence-corrected chi connectivity index (χ1v) is 9.29. The van der Waals surface area contributed by atoms with E-state index in [2.05, 4.69) is 29.5 Å². The first-order valence-electron chi connectivity index (χ1n) is 8.47. The molecule has 0 spiro atoms. The average molecular weight is 337 g/mol. The Morgan fingerprint density at radius 2 is 2.09 bits per heavy atom. The van der Waals surface area contributed by atoms with E-state index in [1.807, 2.05) is 13.8 Å². The molecule has 128 valence electrons. The summed E-state index contributed by atoms with van der Waals surface area (Å²) in [6, 6.07) is 0.163. The summed E-state index contributed by atoms with van der Waals surface area (Å²) in [4.78, 5) is 29.8. The Kier molecular flexibility index (Phi) is 6.16. The van der Waals surface area contributed by atoms with Crippen molar-refractivity contribution in [3.63, 3.8) is 0 Å². The number of aromatic nitrogens is 1. The van der Waals surface area contributed by atoms with Gasteiger partial charge in [0, 0.05) is 29.8 Å². The van der Waals surface area contributed by atoms with Gasteiger partial charge >= 0.3 is 0 Å². The van der Waals surface area contributed by atoms with Gasteiger partial charge in [-0.25, -0.2) is 4.98 Å². The molecule has 0 aromatic carbocycles. The standard InChI is InChI=1S/C17H27N3O2S/c1-5-11(4)15(21)19-12-6-7-13-14(8-12)23-17(20-13)16(22)18-9-10(2)3/h10-12H,5-9H2,1-4H3,(H,18,22)(H,19,21). The molecule has 1 heterocycles. The molecule has 2 atom stereocenters. The largest absolute Gasteiger partial charge is 0.353 e. The molecule has 0 aliphatic heterocycles. The summed E-state index contributed by atoms with van der Waals surface area (Å²) < 4.78 is 0. The van der Waals surface area contributed by atoms with Gasteiger partial charge < -0.3 is 10.6 Å². The fourth-order valence-corrected chi connectivity index (χ4v) is 3.60. The van der Waals surface area contributed by atoms with Crippen LogP contribution in [0, 0.1) is 11.8 Å². The Morgan fingerprint density at radius 1 is 1.35 bits per heavy atom. The molecular weight excluding hydrogens is 310 g/mol. The quantitative estimate of drug-likeness (QED) is 0.838. The van der Waals surface area contributed by atoms with Gasteiger partial charge in [-0.15, -0.1) is 11.3 Å². The number of amides is 2. The molecule has 2 amide bonds. The molecule has 1 aromatic heterocycles. The Bertz CT molecular complexity index is 568. The molecular formula is C17H27N3O2S. The molecule has 0 radical (unpaired) electrons. The number of nitrogens with one attached hydrogen (secondary N) is 2. The van der Waals surface area contributed by atoms with Crippen LogP contribution in [0.1, 0.15) is 60.9 Å². The lowest BCUT2D eigenvalue weighted by atomic mass is 9.96. The van der Waals surface area contributed by atoms with Gasteiger partial charge in [-0.3, -0.25) is 9.59 Å². The number of aryl methyl sites for hydroxylation is 1. The summed E-state index contributed by atoms with van der Waals surface area (Å²) in [7, 11) is 0. The van der Waals surface area contributed by atoms with E-state index in [0.29, 0.717) is 17.5 Å². The maximum absolute atomic E-state index is 12.1. The third-order valence-electron chi connectivity index (χ3n) is 4.21. The van der Waals surface area contributed by atoms with Crippen molar-refractivity contribution in [3.05, 3.63) is 15.6 Å². The summed E-state index contributed by atoms with van der Waals surface area (Å²) in [5.41, 5.74) is 1.03. The lowest BCUT2D eigenvalue weighted by Gasteiger charge is -2.23. The monoisotopic (exact) mass is 337 g/mol. The Hall–Kier alpha value is -1.43. The van der Waals surface area contributed by atoms with E-state index in [9.17, 15) is 9.59 Å². The van der Waals surface area contributed by atoms with E-state index in [0.717, 1.165) is 36.3 Å². The highest BCUT2D eigenvalue weighted by molar-refractivity contribution is 7.13. The second-order valence-corrected chi connectivity index (χ2v) is 7.83. The fourth-order valence-electron chi connectivity index (χ4n) is 2.50. The van der Waals surface area contributed by atoms with Crippen LogP contribution in [-0.4, -0.2) is 29.4 Å². The third-order valence-corrected chi connectivity index (χ3v) is 5.33. The van der Waals surface area contributed by atoms with Gasteiger partial charge in [0.25, 0.3) is 5.91 Å². The first kappa shape index (κ1) is 17.9. The van der Waals surface area contributed by atoms with Crippen LogP contribution < -0.4 is 10.6 Å². The van der Waals surface area contributed by atoms with Crippen molar-refractivity contribution in [3.8, 4) is 0 Å². The van der Waals surface area contributed by atoms with Crippen LogP contribution in [0.3, 0.4) is 0 Å². The summed E-state index contributed by atoms with van der Waals surface area (Å²) in [6.45, 7) is 8.77. The van der Waals surface area contributed by atoms with E-state index in [1.54, 1.807) is 0 Å². The average Bonchev–Trinajstić information content (AvgIpc) is 2.94. The first-order chi connectivity index (χ1) is 10.9. The highest BCUT2D eigenvalue weighted by Crippen LogP contribution is 2.27. The lowest BCUT2D eigenvalue weighted by Crippen LogP contribution is -2.41. The van der Waals surface area contributed by atoms with Crippen molar-refractivity contribution in [1.82, 2.24) is 15.6 Å². The molecule has 0 saturated heterocycles.